The van der Waals surface area contributed by atoms with Crippen molar-refractivity contribution in [3.8, 4) is 0 Å². The number of hydrogen-bond acceptors (Lipinski definition) is 3. The van der Waals surface area contributed by atoms with Gasteiger partial charge in [-0.3, -0.25) is 4.79 Å². The van der Waals surface area contributed by atoms with Gasteiger partial charge in [0.05, 0.1) is 6.10 Å². The van der Waals surface area contributed by atoms with Crippen molar-refractivity contribution in [2.24, 2.45) is 0 Å². The summed E-state index contributed by atoms with van der Waals surface area (Å²) in [5.74, 6) is 0.173. The molecule has 1 aromatic carbocycles. The highest BCUT2D eigenvalue weighted by atomic mass is 16.5. The summed E-state index contributed by atoms with van der Waals surface area (Å²) >= 11 is 0. The number of nitrogens with zero attached hydrogens (tertiary/aromatic N) is 1. The van der Waals surface area contributed by atoms with Crippen LogP contribution in [0.1, 0.15) is 31.2 Å². The zero-order valence-corrected chi connectivity index (χ0v) is 11.5. The fraction of sp³-hybridized carbons (Fsp3) is 0.533. The second kappa shape index (κ2) is 6.57. The summed E-state index contributed by atoms with van der Waals surface area (Å²) in [6.07, 6.45) is 3.91. The first kappa shape index (κ1) is 13.9. The summed E-state index contributed by atoms with van der Waals surface area (Å²) in [6.45, 7) is 1.48. The maximum absolute atomic E-state index is 12.0. The number of carbonyl (C=O) groups is 1. The molecule has 1 aliphatic heterocycles. The lowest BCUT2D eigenvalue weighted by Gasteiger charge is -2.18. The van der Waals surface area contributed by atoms with Gasteiger partial charge in [-0.05, 0) is 37.0 Å². The van der Waals surface area contributed by atoms with Gasteiger partial charge in [-0.2, -0.15) is 0 Å². The molecule has 1 unspecified atom stereocenters. The molecule has 1 aromatic rings. The Kier molecular flexibility index (Phi) is 4.80. The number of nitrogen functional groups attached to an aromatic ring is 1. The molecule has 1 fully saturated rings. The standard InChI is InChI=1S/C15H22N2O2/c1-17(11-12-4-6-13(16)7-5-12)15(18)9-8-14-3-2-10-19-14/h4-7,14H,2-3,8-11,16H2,1H3. The van der Waals surface area contributed by atoms with E-state index in [0.29, 0.717) is 13.0 Å². The van der Waals surface area contributed by atoms with Gasteiger partial charge in [0.25, 0.3) is 0 Å². The molecule has 0 bridgehead atoms. The van der Waals surface area contributed by atoms with Gasteiger partial charge in [-0.1, -0.05) is 12.1 Å². The third-order valence-corrected chi connectivity index (χ3v) is 3.53. The van der Waals surface area contributed by atoms with E-state index in [0.717, 1.165) is 37.1 Å². The molecule has 4 heteroatoms. The van der Waals surface area contributed by atoms with Gasteiger partial charge in [0.15, 0.2) is 0 Å². The maximum atomic E-state index is 12.0. The second-order valence-corrected chi connectivity index (χ2v) is 5.17. The minimum atomic E-state index is 0.173. The Morgan fingerprint density at radius 3 is 2.79 bits per heavy atom. The van der Waals surface area contributed by atoms with Gasteiger partial charge in [0.2, 0.25) is 5.91 Å². The lowest BCUT2D eigenvalue weighted by atomic mass is 10.1. The monoisotopic (exact) mass is 262 g/mol. The normalized spacial score (nSPS) is 18.5. The van der Waals surface area contributed by atoms with E-state index < -0.39 is 0 Å². The average Bonchev–Trinajstić information content (AvgIpc) is 2.91. The molecule has 0 radical (unpaired) electrons. The first-order chi connectivity index (χ1) is 9.15. The van der Waals surface area contributed by atoms with Crippen LogP contribution in [0.4, 0.5) is 5.69 Å². The molecule has 1 heterocycles. The molecule has 1 saturated heterocycles. The molecule has 0 spiro atoms. The van der Waals surface area contributed by atoms with Crippen molar-refractivity contribution in [2.45, 2.75) is 38.3 Å². The number of amides is 1. The van der Waals surface area contributed by atoms with E-state index in [1.54, 1.807) is 4.90 Å². The van der Waals surface area contributed by atoms with Gasteiger partial charge in [0, 0.05) is 32.3 Å². The summed E-state index contributed by atoms with van der Waals surface area (Å²) < 4.78 is 5.53. The molecule has 0 aromatic heterocycles. The molecule has 4 nitrogen and oxygen atoms in total. The predicted octanol–water partition coefficient (Wildman–Crippen LogP) is 2.19. The summed E-state index contributed by atoms with van der Waals surface area (Å²) in [4.78, 5) is 13.8. The summed E-state index contributed by atoms with van der Waals surface area (Å²) in [7, 11) is 1.84. The van der Waals surface area contributed by atoms with Crippen molar-refractivity contribution in [2.75, 3.05) is 19.4 Å². The number of nitrogens with two attached hydrogens (primary N) is 1. The smallest absolute Gasteiger partial charge is 0.222 e. The van der Waals surface area contributed by atoms with Crippen molar-refractivity contribution >= 4 is 11.6 Å². The zero-order valence-electron chi connectivity index (χ0n) is 11.5. The number of rotatable bonds is 5. The molecule has 1 atom stereocenters. The van der Waals surface area contributed by atoms with Crippen LogP contribution in [0.3, 0.4) is 0 Å². The quantitative estimate of drug-likeness (QED) is 0.828. The fourth-order valence-electron chi connectivity index (χ4n) is 2.33. The molecular formula is C15H22N2O2. The van der Waals surface area contributed by atoms with Crippen molar-refractivity contribution < 1.29 is 9.53 Å². The Morgan fingerprint density at radius 2 is 2.16 bits per heavy atom. The number of hydrogen-bond donors (Lipinski definition) is 1. The largest absolute Gasteiger partial charge is 0.399 e. The SMILES string of the molecule is CN(Cc1ccc(N)cc1)C(=O)CCC1CCCO1. The Bertz CT molecular complexity index is 411. The maximum Gasteiger partial charge on any atom is 0.222 e. The van der Waals surface area contributed by atoms with Gasteiger partial charge < -0.3 is 15.4 Å². The van der Waals surface area contributed by atoms with Crippen LogP contribution in [-0.2, 0) is 16.1 Å². The lowest BCUT2D eigenvalue weighted by molar-refractivity contribution is -0.131. The predicted molar refractivity (Wildman–Crippen MR) is 75.5 cm³/mol. The topological polar surface area (TPSA) is 55.6 Å². The van der Waals surface area contributed by atoms with Crippen molar-refractivity contribution in [1.29, 1.82) is 0 Å². The van der Waals surface area contributed by atoms with Crippen LogP contribution in [0.25, 0.3) is 0 Å². The highest BCUT2D eigenvalue weighted by Crippen LogP contribution is 2.17. The van der Waals surface area contributed by atoms with Crippen molar-refractivity contribution in [1.82, 2.24) is 4.90 Å². The molecule has 2 N–H and O–H groups in total. The zero-order chi connectivity index (χ0) is 13.7. The van der Waals surface area contributed by atoms with Crippen LogP contribution in [0.5, 0.6) is 0 Å². The summed E-state index contributed by atoms with van der Waals surface area (Å²) in [6, 6.07) is 7.64. The van der Waals surface area contributed by atoms with Crippen LogP contribution in [0.15, 0.2) is 24.3 Å². The summed E-state index contributed by atoms with van der Waals surface area (Å²) in [5, 5.41) is 0. The lowest BCUT2D eigenvalue weighted by Crippen LogP contribution is -2.26. The van der Waals surface area contributed by atoms with Crippen LogP contribution >= 0.6 is 0 Å². The minimum Gasteiger partial charge on any atom is -0.399 e. The molecule has 0 saturated carbocycles. The van der Waals surface area contributed by atoms with E-state index in [1.165, 1.54) is 0 Å². The first-order valence-corrected chi connectivity index (χ1v) is 6.85. The molecule has 0 aliphatic carbocycles. The van der Waals surface area contributed by atoms with Gasteiger partial charge in [0.1, 0.15) is 0 Å². The average molecular weight is 262 g/mol. The molecule has 2 rings (SSSR count). The molecule has 1 aliphatic rings. The first-order valence-electron chi connectivity index (χ1n) is 6.85. The van der Waals surface area contributed by atoms with Crippen LogP contribution in [0.2, 0.25) is 0 Å². The van der Waals surface area contributed by atoms with Crippen LogP contribution < -0.4 is 5.73 Å². The highest BCUT2D eigenvalue weighted by Gasteiger charge is 2.18. The van der Waals surface area contributed by atoms with Gasteiger partial charge in [-0.25, -0.2) is 0 Å². The molecular weight excluding hydrogens is 240 g/mol. The summed E-state index contributed by atoms with van der Waals surface area (Å²) in [5.41, 5.74) is 7.49. The Hall–Kier alpha value is -1.55. The molecule has 19 heavy (non-hydrogen) atoms. The van der Waals surface area contributed by atoms with Crippen molar-refractivity contribution in [3.63, 3.8) is 0 Å². The van der Waals surface area contributed by atoms with E-state index >= 15 is 0 Å². The van der Waals surface area contributed by atoms with E-state index in [1.807, 2.05) is 31.3 Å². The van der Waals surface area contributed by atoms with Crippen LogP contribution in [-0.4, -0.2) is 30.6 Å². The Labute approximate surface area is 114 Å². The van der Waals surface area contributed by atoms with Gasteiger partial charge >= 0.3 is 0 Å². The molecule has 104 valence electrons. The Morgan fingerprint density at radius 1 is 1.42 bits per heavy atom. The van der Waals surface area contributed by atoms with Crippen LogP contribution in [0, 0.1) is 0 Å². The minimum absolute atomic E-state index is 0.173. The van der Waals surface area contributed by atoms with Gasteiger partial charge in [-0.15, -0.1) is 0 Å². The fourth-order valence-corrected chi connectivity index (χ4v) is 2.33. The van der Waals surface area contributed by atoms with E-state index in [9.17, 15) is 4.79 Å². The third kappa shape index (κ3) is 4.24. The number of ether oxygens (including phenoxy) is 1. The van der Waals surface area contributed by atoms with E-state index in [4.69, 9.17) is 10.5 Å². The highest BCUT2D eigenvalue weighted by molar-refractivity contribution is 5.75. The molecule has 1 amide bonds. The van der Waals surface area contributed by atoms with E-state index in [-0.39, 0.29) is 12.0 Å². The third-order valence-electron chi connectivity index (χ3n) is 3.53. The number of benzene rings is 1. The Balaban J connectivity index is 1.76. The number of carbonyl (C=O) groups excluding carboxylic acids is 1. The van der Waals surface area contributed by atoms with E-state index in [2.05, 4.69) is 0 Å². The number of anilines is 1. The second-order valence-electron chi connectivity index (χ2n) is 5.17. The van der Waals surface area contributed by atoms with Crippen molar-refractivity contribution in [3.05, 3.63) is 29.8 Å².